The second kappa shape index (κ2) is 4.70. The molecule has 0 saturated carbocycles. The Morgan fingerprint density at radius 2 is 2.25 bits per heavy atom. The highest BCUT2D eigenvalue weighted by molar-refractivity contribution is 7.14. The van der Waals surface area contributed by atoms with E-state index in [1.165, 1.54) is 0 Å². The number of aromatic nitrogens is 1. The minimum Gasteiger partial charge on any atom is -0.466 e. The Morgan fingerprint density at radius 3 is 2.88 bits per heavy atom. The first-order valence-electron chi connectivity index (χ1n) is 5.47. The fourth-order valence-corrected chi connectivity index (χ4v) is 2.34. The molecule has 0 aliphatic rings. The van der Waals surface area contributed by atoms with Gasteiger partial charge in [-0.1, -0.05) is 6.92 Å². The minimum absolute atomic E-state index is 0.934. The zero-order valence-electron chi connectivity index (χ0n) is 9.83. The van der Waals surface area contributed by atoms with Crippen molar-refractivity contribution in [3.63, 3.8) is 0 Å². The predicted octanol–water partition coefficient (Wildman–Crippen LogP) is 3.84. The lowest BCUT2D eigenvalue weighted by Crippen LogP contribution is -1.98. The second-order valence-electron chi connectivity index (χ2n) is 3.79. The highest BCUT2D eigenvalue weighted by atomic mass is 32.1. The molecule has 0 aliphatic carbocycles. The highest BCUT2D eigenvalue weighted by Gasteiger charge is 2.10. The monoisotopic (exact) mass is 236 g/mol. The van der Waals surface area contributed by atoms with Gasteiger partial charge in [0.05, 0.1) is 5.69 Å². The van der Waals surface area contributed by atoms with Crippen LogP contribution in [0.3, 0.4) is 0 Å². The molecule has 0 aromatic carbocycles. The summed E-state index contributed by atoms with van der Waals surface area (Å²) in [6, 6.07) is 2.04. The molecular weight excluding hydrogens is 220 g/mol. The van der Waals surface area contributed by atoms with Crippen LogP contribution in [-0.2, 0) is 0 Å². The van der Waals surface area contributed by atoms with E-state index in [4.69, 9.17) is 4.42 Å². The fraction of sp³-hybridized carbons (Fsp3) is 0.417. The first kappa shape index (κ1) is 11.2. The van der Waals surface area contributed by atoms with Gasteiger partial charge in [0.15, 0.2) is 5.13 Å². The Hall–Kier alpha value is -1.29. The minimum atomic E-state index is 0.934. The number of thiazole rings is 1. The average molecular weight is 236 g/mol. The van der Waals surface area contributed by atoms with Crippen LogP contribution < -0.4 is 5.32 Å². The van der Waals surface area contributed by atoms with Crippen molar-refractivity contribution < 1.29 is 4.42 Å². The molecule has 86 valence electrons. The Balaban J connectivity index is 2.21. The number of nitrogens with one attached hydrogen (secondary N) is 1. The van der Waals surface area contributed by atoms with E-state index in [0.717, 1.165) is 40.9 Å². The molecule has 0 atom stereocenters. The fourth-order valence-electron chi connectivity index (χ4n) is 1.60. The average Bonchev–Trinajstić information content (AvgIpc) is 2.82. The SMILES string of the molecule is CCCNc1nc(-c2cc(C)oc2C)cs1. The molecule has 2 rings (SSSR count). The molecule has 0 aliphatic heterocycles. The van der Waals surface area contributed by atoms with Crippen LogP contribution in [0.2, 0.25) is 0 Å². The van der Waals surface area contributed by atoms with Crippen LogP contribution in [-0.4, -0.2) is 11.5 Å². The standard InChI is InChI=1S/C12H16N2OS/c1-4-5-13-12-14-11(7-16-12)10-6-8(2)15-9(10)3/h6-7H,4-5H2,1-3H3,(H,13,14). The quantitative estimate of drug-likeness (QED) is 0.876. The van der Waals surface area contributed by atoms with Crippen molar-refractivity contribution in [2.75, 3.05) is 11.9 Å². The third-order valence-electron chi connectivity index (χ3n) is 2.35. The molecule has 0 spiro atoms. The molecule has 0 saturated heterocycles. The van der Waals surface area contributed by atoms with Gasteiger partial charge in [0, 0.05) is 17.5 Å². The van der Waals surface area contributed by atoms with Crippen molar-refractivity contribution in [3.8, 4) is 11.3 Å². The molecule has 2 aromatic heterocycles. The third kappa shape index (κ3) is 2.27. The second-order valence-corrected chi connectivity index (χ2v) is 4.65. The van der Waals surface area contributed by atoms with Gasteiger partial charge in [-0.15, -0.1) is 11.3 Å². The van der Waals surface area contributed by atoms with Gasteiger partial charge in [0.1, 0.15) is 11.5 Å². The summed E-state index contributed by atoms with van der Waals surface area (Å²) in [6.45, 7) is 7.04. The van der Waals surface area contributed by atoms with Gasteiger partial charge < -0.3 is 9.73 Å². The molecule has 2 heterocycles. The van der Waals surface area contributed by atoms with Crippen molar-refractivity contribution >= 4 is 16.5 Å². The maximum Gasteiger partial charge on any atom is 0.183 e. The molecule has 0 amide bonds. The summed E-state index contributed by atoms with van der Waals surface area (Å²) in [5.41, 5.74) is 2.09. The van der Waals surface area contributed by atoms with Crippen molar-refractivity contribution in [1.29, 1.82) is 0 Å². The summed E-state index contributed by atoms with van der Waals surface area (Å²) in [7, 11) is 0. The topological polar surface area (TPSA) is 38.1 Å². The Kier molecular flexibility index (Phi) is 3.29. The van der Waals surface area contributed by atoms with Crippen LogP contribution in [0.1, 0.15) is 24.9 Å². The molecule has 16 heavy (non-hydrogen) atoms. The molecular formula is C12H16N2OS. The van der Waals surface area contributed by atoms with Crippen LogP contribution >= 0.6 is 11.3 Å². The van der Waals surface area contributed by atoms with E-state index in [0.29, 0.717) is 0 Å². The number of hydrogen-bond donors (Lipinski definition) is 1. The Labute approximate surface area is 99.5 Å². The molecule has 4 heteroatoms. The number of aryl methyl sites for hydroxylation is 2. The normalized spacial score (nSPS) is 10.7. The summed E-state index contributed by atoms with van der Waals surface area (Å²) in [5.74, 6) is 1.87. The van der Waals surface area contributed by atoms with E-state index < -0.39 is 0 Å². The summed E-state index contributed by atoms with van der Waals surface area (Å²) < 4.78 is 5.50. The number of hydrogen-bond acceptors (Lipinski definition) is 4. The maximum absolute atomic E-state index is 5.50. The van der Waals surface area contributed by atoms with E-state index in [1.54, 1.807) is 11.3 Å². The van der Waals surface area contributed by atoms with Crippen molar-refractivity contribution in [1.82, 2.24) is 4.98 Å². The number of rotatable bonds is 4. The van der Waals surface area contributed by atoms with E-state index in [1.807, 2.05) is 19.9 Å². The Morgan fingerprint density at radius 1 is 1.44 bits per heavy atom. The van der Waals surface area contributed by atoms with Gasteiger partial charge >= 0.3 is 0 Å². The molecule has 0 fully saturated rings. The van der Waals surface area contributed by atoms with Gasteiger partial charge in [-0.25, -0.2) is 4.98 Å². The lowest BCUT2D eigenvalue weighted by atomic mass is 10.2. The molecule has 1 N–H and O–H groups in total. The number of anilines is 1. The summed E-state index contributed by atoms with van der Waals surface area (Å²) in [4.78, 5) is 4.54. The van der Waals surface area contributed by atoms with Gasteiger partial charge in [0.25, 0.3) is 0 Å². The van der Waals surface area contributed by atoms with E-state index >= 15 is 0 Å². The molecule has 3 nitrogen and oxygen atoms in total. The van der Waals surface area contributed by atoms with Crippen LogP contribution in [0.25, 0.3) is 11.3 Å². The Bertz CT molecular complexity index is 473. The third-order valence-corrected chi connectivity index (χ3v) is 3.15. The molecule has 2 aromatic rings. The van der Waals surface area contributed by atoms with Crippen LogP contribution in [0.5, 0.6) is 0 Å². The maximum atomic E-state index is 5.50. The van der Waals surface area contributed by atoms with E-state index in [2.05, 4.69) is 22.6 Å². The largest absolute Gasteiger partial charge is 0.466 e. The van der Waals surface area contributed by atoms with Gasteiger partial charge in [-0.3, -0.25) is 0 Å². The van der Waals surface area contributed by atoms with E-state index in [-0.39, 0.29) is 0 Å². The van der Waals surface area contributed by atoms with Crippen LogP contribution in [0.15, 0.2) is 15.9 Å². The van der Waals surface area contributed by atoms with Crippen LogP contribution in [0, 0.1) is 13.8 Å². The van der Waals surface area contributed by atoms with Crippen molar-refractivity contribution in [3.05, 3.63) is 23.0 Å². The summed E-state index contributed by atoms with van der Waals surface area (Å²) in [5, 5.41) is 6.33. The molecule has 0 unspecified atom stereocenters. The molecule has 0 bridgehead atoms. The number of nitrogens with zero attached hydrogens (tertiary/aromatic N) is 1. The van der Waals surface area contributed by atoms with E-state index in [9.17, 15) is 0 Å². The van der Waals surface area contributed by atoms with Gasteiger partial charge in [-0.2, -0.15) is 0 Å². The first-order chi connectivity index (χ1) is 7.70. The summed E-state index contributed by atoms with van der Waals surface area (Å²) >= 11 is 1.64. The zero-order valence-corrected chi connectivity index (χ0v) is 10.6. The zero-order chi connectivity index (χ0) is 11.5. The van der Waals surface area contributed by atoms with Crippen LogP contribution in [0.4, 0.5) is 5.13 Å². The smallest absolute Gasteiger partial charge is 0.183 e. The van der Waals surface area contributed by atoms with Gasteiger partial charge in [-0.05, 0) is 26.3 Å². The lowest BCUT2D eigenvalue weighted by molar-refractivity contribution is 0.505. The van der Waals surface area contributed by atoms with Crippen molar-refractivity contribution in [2.24, 2.45) is 0 Å². The lowest BCUT2D eigenvalue weighted by Gasteiger charge is -1.97. The predicted molar refractivity (Wildman–Crippen MR) is 68.1 cm³/mol. The molecule has 0 radical (unpaired) electrons. The first-order valence-corrected chi connectivity index (χ1v) is 6.35. The van der Waals surface area contributed by atoms with Gasteiger partial charge in [0.2, 0.25) is 0 Å². The number of furan rings is 1. The summed E-state index contributed by atoms with van der Waals surface area (Å²) in [6.07, 6.45) is 1.11. The van der Waals surface area contributed by atoms with Crippen molar-refractivity contribution in [2.45, 2.75) is 27.2 Å². The highest BCUT2D eigenvalue weighted by Crippen LogP contribution is 2.29.